The van der Waals surface area contributed by atoms with Gasteiger partial charge in [-0.05, 0) is 6.42 Å². The fraction of sp³-hybridized carbons (Fsp3) is 0.375. The summed E-state index contributed by atoms with van der Waals surface area (Å²) in [5.41, 5.74) is 1.71. The topological polar surface area (TPSA) is 93.8 Å². The smallest absolute Gasteiger partial charge is 0.223 e. The second-order valence-electron chi connectivity index (χ2n) is 6.00. The summed E-state index contributed by atoms with van der Waals surface area (Å²) < 4.78 is 0. The van der Waals surface area contributed by atoms with Gasteiger partial charge in [0, 0.05) is 50.7 Å². The predicted molar refractivity (Wildman–Crippen MR) is 94.6 cm³/mol. The van der Waals surface area contributed by atoms with Crippen molar-refractivity contribution >= 4 is 34.4 Å². The molecule has 1 amide bonds. The van der Waals surface area contributed by atoms with Gasteiger partial charge in [0.15, 0.2) is 0 Å². The molecule has 0 bridgehead atoms. The highest BCUT2D eigenvalue weighted by molar-refractivity contribution is 6.36. The molecule has 0 atom stereocenters. The highest BCUT2D eigenvalue weighted by Crippen LogP contribution is 2.30. The van der Waals surface area contributed by atoms with Gasteiger partial charge in [-0.3, -0.25) is 4.79 Å². The number of aryl methyl sites for hydroxylation is 1. The number of hydrogen-bond donors (Lipinski definition) is 2. The molecule has 4 rings (SSSR count). The molecule has 3 aromatic heterocycles. The van der Waals surface area contributed by atoms with Crippen molar-refractivity contribution in [3.05, 3.63) is 35.8 Å². The van der Waals surface area contributed by atoms with Crippen LogP contribution in [-0.2, 0) is 11.2 Å². The molecule has 0 saturated carbocycles. The first-order valence-electron chi connectivity index (χ1n) is 8.20. The summed E-state index contributed by atoms with van der Waals surface area (Å²) in [6.45, 7) is 2.80. The average Bonchev–Trinajstić information content (AvgIpc) is 3.30. The van der Waals surface area contributed by atoms with E-state index in [0.29, 0.717) is 31.0 Å². The molecule has 1 saturated heterocycles. The summed E-state index contributed by atoms with van der Waals surface area (Å²) in [7, 11) is 0. The fourth-order valence-corrected chi connectivity index (χ4v) is 3.37. The summed E-state index contributed by atoms with van der Waals surface area (Å²) in [4.78, 5) is 35.1. The lowest BCUT2D eigenvalue weighted by molar-refractivity contribution is -0.131. The normalized spacial score (nSPS) is 15.1. The second kappa shape index (κ2) is 6.72. The number of piperazine rings is 1. The highest BCUT2D eigenvalue weighted by Gasteiger charge is 2.24. The number of aromatic amines is 2. The van der Waals surface area contributed by atoms with Crippen molar-refractivity contribution in [2.24, 2.45) is 0 Å². The van der Waals surface area contributed by atoms with Crippen LogP contribution in [0.3, 0.4) is 0 Å². The number of rotatable bonds is 4. The van der Waals surface area contributed by atoms with Gasteiger partial charge < -0.3 is 19.8 Å². The molecule has 9 heteroatoms. The Labute approximate surface area is 149 Å². The Morgan fingerprint density at radius 1 is 1.20 bits per heavy atom. The van der Waals surface area contributed by atoms with Crippen LogP contribution in [-0.4, -0.2) is 61.9 Å². The third-order valence-corrected chi connectivity index (χ3v) is 4.79. The molecule has 0 aliphatic carbocycles. The predicted octanol–water partition coefficient (Wildman–Crippen LogP) is 1.62. The van der Waals surface area contributed by atoms with Gasteiger partial charge in [0.05, 0.1) is 16.7 Å². The van der Waals surface area contributed by atoms with Gasteiger partial charge in [-0.15, -0.1) is 0 Å². The number of aromatic nitrogens is 5. The maximum absolute atomic E-state index is 12.4. The Kier molecular flexibility index (Phi) is 4.27. The van der Waals surface area contributed by atoms with Gasteiger partial charge in [0.1, 0.15) is 17.8 Å². The van der Waals surface area contributed by atoms with Crippen molar-refractivity contribution in [3.8, 4) is 0 Å². The molecule has 4 heterocycles. The van der Waals surface area contributed by atoms with E-state index in [-0.39, 0.29) is 5.91 Å². The summed E-state index contributed by atoms with van der Waals surface area (Å²) in [5.74, 6) is 0.988. The zero-order chi connectivity index (χ0) is 17.2. The third kappa shape index (κ3) is 3.17. The van der Waals surface area contributed by atoms with Crippen LogP contribution >= 0.6 is 11.6 Å². The van der Waals surface area contributed by atoms with Gasteiger partial charge in [-0.2, -0.15) is 0 Å². The van der Waals surface area contributed by atoms with Crippen molar-refractivity contribution < 1.29 is 4.79 Å². The monoisotopic (exact) mass is 359 g/mol. The summed E-state index contributed by atoms with van der Waals surface area (Å²) >= 11 is 6.26. The zero-order valence-corrected chi connectivity index (χ0v) is 14.3. The molecule has 130 valence electrons. The van der Waals surface area contributed by atoms with Crippen LogP contribution in [0.25, 0.3) is 11.0 Å². The van der Waals surface area contributed by atoms with Gasteiger partial charge in [0.25, 0.3) is 0 Å². The quantitative estimate of drug-likeness (QED) is 0.738. The van der Waals surface area contributed by atoms with Crippen molar-refractivity contribution in [2.75, 3.05) is 31.1 Å². The van der Waals surface area contributed by atoms with E-state index in [4.69, 9.17) is 11.6 Å². The lowest BCUT2D eigenvalue weighted by Gasteiger charge is -2.35. The van der Waals surface area contributed by atoms with Crippen molar-refractivity contribution in [1.82, 2.24) is 29.8 Å². The molecule has 1 aliphatic heterocycles. The van der Waals surface area contributed by atoms with Gasteiger partial charge in [-0.1, -0.05) is 11.6 Å². The van der Waals surface area contributed by atoms with E-state index in [1.807, 2.05) is 4.90 Å². The first kappa shape index (κ1) is 15.9. The van der Waals surface area contributed by atoms with E-state index in [2.05, 4.69) is 29.8 Å². The largest absolute Gasteiger partial charge is 0.352 e. The molecule has 0 radical (unpaired) electrons. The minimum absolute atomic E-state index is 0.168. The molecule has 0 spiro atoms. The first-order chi connectivity index (χ1) is 12.2. The van der Waals surface area contributed by atoms with Crippen LogP contribution in [0.1, 0.15) is 12.1 Å². The molecule has 1 aliphatic rings. The van der Waals surface area contributed by atoms with Gasteiger partial charge in [-0.25, -0.2) is 15.0 Å². The lowest BCUT2D eigenvalue weighted by Crippen LogP contribution is -2.49. The van der Waals surface area contributed by atoms with Gasteiger partial charge in [0.2, 0.25) is 5.91 Å². The highest BCUT2D eigenvalue weighted by atomic mass is 35.5. The number of anilines is 1. The number of H-pyrrole nitrogens is 2. The molecule has 2 N–H and O–H groups in total. The Hall–Kier alpha value is -2.61. The molecule has 8 nitrogen and oxygen atoms in total. The SMILES string of the molecule is O=C(CCc1cnc[nH]1)N1CCN(c2ncnc3[nH]cc(Cl)c23)CC1. The molecule has 3 aromatic rings. The molecular weight excluding hydrogens is 342 g/mol. The Morgan fingerprint density at radius 2 is 2.04 bits per heavy atom. The zero-order valence-electron chi connectivity index (χ0n) is 13.6. The minimum Gasteiger partial charge on any atom is -0.352 e. The van der Waals surface area contributed by atoms with Crippen LogP contribution in [0, 0.1) is 0 Å². The van der Waals surface area contributed by atoms with Gasteiger partial charge >= 0.3 is 0 Å². The van der Waals surface area contributed by atoms with Crippen LogP contribution in [0.5, 0.6) is 0 Å². The molecule has 25 heavy (non-hydrogen) atoms. The summed E-state index contributed by atoms with van der Waals surface area (Å²) in [6.07, 6.45) is 7.82. The number of fused-ring (bicyclic) bond motifs is 1. The molecular formula is C16H18ClN7O. The first-order valence-corrected chi connectivity index (χ1v) is 8.58. The maximum Gasteiger partial charge on any atom is 0.223 e. The lowest BCUT2D eigenvalue weighted by atomic mass is 10.2. The minimum atomic E-state index is 0.168. The van der Waals surface area contributed by atoms with E-state index in [9.17, 15) is 4.79 Å². The van der Waals surface area contributed by atoms with E-state index < -0.39 is 0 Å². The molecule has 0 unspecified atom stereocenters. The third-order valence-electron chi connectivity index (χ3n) is 4.50. The summed E-state index contributed by atoms with van der Waals surface area (Å²) in [5, 5.41) is 1.45. The number of carbonyl (C=O) groups excluding carboxylic acids is 1. The molecule has 0 aromatic carbocycles. The van der Waals surface area contributed by atoms with E-state index in [0.717, 1.165) is 35.6 Å². The Bertz CT molecular complexity index is 868. The van der Waals surface area contributed by atoms with Crippen molar-refractivity contribution in [2.45, 2.75) is 12.8 Å². The average molecular weight is 360 g/mol. The number of nitrogens with zero attached hydrogens (tertiary/aromatic N) is 5. The van der Waals surface area contributed by atoms with Crippen molar-refractivity contribution in [3.63, 3.8) is 0 Å². The van der Waals surface area contributed by atoms with Crippen LogP contribution in [0.4, 0.5) is 5.82 Å². The van der Waals surface area contributed by atoms with Crippen LogP contribution < -0.4 is 4.90 Å². The maximum atomic E-state index is 12.4. The summed E-state index contributed by atoms with van der Waals surface area (Å²) in [6, 6.07) is 0. The van der Waals surface area contributed by atoms with E-state index >= 15 is 0 Å². The number of carbonyl (C=O) groups is 1. The number of hydrogen-bond acceptors (Lipinski definition) is 5. The van der Waals surface area contributed by atoms with Crippen molar-refractivity contribution in [1.29, 1.82) is 0 Å². The molecule has 1 fully saturated rings. The van der Waals surface area contributed by atoms with E-state index in [1.165, 1.54) is 6.33 Å². The number of halogens is 1. The standard InChI is InChI=1S/C16H18ClN7O/c17-12-8-19-15-14(12)16(22-10-21-15)24-5-3-23(4-6-24)13(25)2-1-11-7-18-9-20-11/h7-10H,1-6H2,(H,18,20)(H,19,21,22). The number of imidazole rings is 1. The fourth-order valence-electron chi connectivity index (χ4n) is 3.14. The van der Waals surface area contributed by atoms with E-state index in [1.54, 1.807) is 18.7 Å². The Morgan fingerprint density at radius 3 is 2.80 bits per heavy atom. The second-order valence-corrected chi connectivity index (χ2v) is 6.41. The number of nitrogens with one attached hydrogen (secondary N) is 2. The van der Waals surface area contributed by atoms with Crippen LogP contribution in [0.15, 0.2) is 25.0 Å². The van der Waals surface area contributed by atoms with Crippen LogP contribution in [0.2, 0.25) is 5.02 Å². The number of amides is 1. The Balaban J connectivity index is 1.39.